The van der Waals surface area contributed by atoms with E-state index in [0.29, 0.717) is 39.8 Å². The van der Waals surface area contributed by atoms with E-state index >= 15 is 0 Å². The highest BCUT2D eigenvalue weighted by molar-refractivity contribution is 7.89. The minimum atomic E-state index is -3.98. The molecule has 3 aromatic carbocycles. The van der Waals surface area contributed by atoms with Gasteiger partial charge >= 0.3 is 0 Å². The summed E-state index contributed by atoms with van der Waals surface area (Å²) in [6.07, 6.45) is 0.454. The number of hydrogen-bond donors (Lipinski definition) is 1. The molecule has 0 aromatic heterocycles. The number of halogens is 1. The Balaban J connectivity index is 1.94. The van der Waals surface area contributed by atoms with Crippen LogP contribution in [0.2, 0.25) is 5.02 Å². The molecular weight excluding hydrogens is 500 g/mol. The third-order valence-electron chi connectivity index (χ3n) is 5.76. The zero-order chi connectivity index (χ0) is 26.5. The molecular formula is C27H31ClN2O5S. The summed E-state index contributed by atoms with van der Waals surface area (Å²) < 4.78 is 39.5. The van der Waals surface area contributed by atoms with Crippen molar-refractivity contribution in [2.24, 2.45) is 0 Å². The quantitative estimate of drug-likeness (QED) is 0.391. The number of hydrogen-bond acceptors (Lipinski definition) is 5. The number of benzene rings is 3. The molecule has 0 aliphatic rings. The molecule has 1 N–H and O–H groups in total. The van der Waals surface area contributed by atoms with Crippen LogP contribution in [0, 0.1) is 20.8 Å². The molecule has 3 aromatic rings. The molecule has 0 radical (unpaired) electrons. The normalized spacial score (nSPS) is 11.4. The van der Waals surface area contributed by atoms with E-state index in [-0.39, 0.29) is 18.0 Å². The fourth-order valence-corrected chi connectivity index (χ4v) is 6.23. The summed E-state index contributed by atoms with van der Waals surface area (Å²) in [5.41, 5.74) is 3.55. The van der Waals surface area contributed by atoms with Crippen LogP contribution in [0.15, 0.2) is 59.5 Å². The van der Waals surface area contributed by atoms with Crippen molar-refractivity contribution >= 4 is 33.2 Å². The maximum Gasteiger partial charge on any atom is 0.244 e. The van der Waals surface area contributed by atoms with Gasteiger partial charge in [0.25, 0.3) is 0 Å². The number of sulfonamides is 1. The Hall–Kier alpha value is -3.07. The lowest BCUT2D eigenvalue weighted by molar-refractivity contribution is -0.116. The second-order valence-corrected chi connectivity index (χ2v) is 10.8. The lowest BCUT2D eigenvalue weighted by Crippen LogP contribution is -2.40. The van der Waals surface area contributed by atoms with Gasteiger partial charge in [0, 0.05) is 18.7 Å². The number of rotatable bonds is 10. The number of anilines is 1. The minimum absolute atomic E-state index is 0.133. The van der Waals surface area contributed by atoms with Gasteiger partial charge in [0.15, 0.2) is 0 Å². The second kappa shape index (κ2) is 11.8. The van der Waals surface area contributed by atoms with Crippen molar-refractivity contribution in [1.82, 2.24) is 4.31 Å². The number of nitrogens with one attached hydrogen (secondary N) is 1. The van der Waals surface area contributed by atoms with Gasteiger partial charge < -0.3 is 14.8 Å². The van der Waals surface area contributed by atoms with E-state index in [1.807, 2.05) is 49.4 Å². The summed E-state index contributed by atoms with van der Waals surface area (Å²) in [5, 5.41) is 3.07. The molecule has 0 fully saturated rings. The zero-order valence-electron chi connectivity index (χ0n) is 21.1. The van der Waals surface area contributed by atoms with Crippen LogP contribution in [-0.2, 0) is 21.2 Å². The Labute approximate surface area is 218 Å². The van der Waals surface area contributed by atoms with Crippen LogP contribution in [0.5, 0.6) is 11.5 Å². The molecule has 0 heterocycles. The molecule has 0 spiro atoms. The van der Waals surface area contributed by atoms with E-state index in [1.165, 1.54) is 30.7 Å². The number of carbonyl (C=O) groups excluding carboxylic acids is 1. The number of amides is 1. The summed E-state index contributed by atoms with van der Waals surface area (Å²) in [6.45, 7) is 5.22. The molecule has 7 nitrogen and oxygen atoms in total. The number of methoxy groups -OCH3 is 2. The van der Waals surface area contributed by atoms with Gasteiger partial charge in [0.1, 0.15) is 11.5 Å². The summed E-state index contributed by atoms with van der Waals surface area (Å²) in [6, 6.07) is 16.3. The summed E-state index contributed by atoms with van der Waals surface area (Å²) in [7, 11) is -1.06. The lowest BCUT2D eigenvalue weighted by Gasteiger charge is -2.24. The number of carbonyl (C=O) groups is 1. The number of ether oxygens (including phenoxy) is 2. The average Bonchev–Trinajstić information content (AvgIpc) is 2.82. The van der Waals surface area contributed by atoms with E-state index in [0.717, 1.165) is 11.1 Å². The molecule has 0 saturated carbocycles. The first kappa shape index (κ1) is 27.5. The second-order valence-electron chi connectivity index (χ2n) is 8.54. The van der Waals surface area contributed by atoms with Crippen molar-refractivity contribution in [3.05, 3.63) is 81.9 Å². The van der Waals surface area contributed by atoms with Crippen LogP contribution >= 0.6 is 11.6 Å². The largest absolute Gasteiger partial charge is 0.495 e. The molecule has 0 aliphatic carbocycles. The minimum Gasteiger partial charge on any atom is -0.495 e. The van der Waals surface area contributed by atoms with Crippen LogP contribution in [-0.4, -0.2) is 45.9 Å². The third-order valence-corrected chi connectivity index (χ3v) is 8.21. The Kier molecular flexibility index (Phi) is 9.00. The molecule has 0 atom stereocenters. The van der Waals surface area contributed by atoms with Crippen molar-refractivity contribution in [3.8, 4) is 11.5 Å². The highest BCUT2D eigenvalue weighted by atomic mass is 35.5. The van der Waals surface area contributed by atoms with Gasteiger partial charge in [-0.3, -0.25) is 4.79 Å². The molecule has 0 bridgehead atoms. The van der Waals surface area contributed by atoms with Gasteiger partial charge in [0.2, 0.25) is 15.9 Å². The summed E-state index contributed by atoms with van der Waals surface area (Å²) >= 11 is 6.16. The van der Waals surface area contributed by atoms with Gasteiger partial charge in [-0.1, -0.05) is 59.6 Å². The zero-order valence-corrected chi connectivity index (χ0v) is 22.7. The predicted octanol–water partition coefficient (Wildman–Crippen LogP) is 5.15. The van der Waals surface area contributed by atoms with E-state index in [2.05, 4.69) is 5.32 Å². The van der Waals surface area contributed by atoms with Crippen LogP contribution in [0.4, 0.5) is 5.69 Å². The van der Waals surface area contributed by atoms with Crippen LogP contribution in [0.25, 0.3) is 0 Å². The first-order chi connectivity index (χ1) is 17.1. The van der Waals surface area contributed by atoms with Gasteiger partial charge in [-0.15, -0.1) is 0 Å². The Morgan fingerprint density at radius 1 is 0.944 bits per heavy atom. The third kappa shape index (κ3) is 6.37. The molecule has 0 saturated heterocycles. The van der Waals surface area contributed by atoms with Crippen molar-refractivity contribution in [2.75, 3.05) is 32.6 Å². The lowest BCUT2D eigenvalue weighted by atomic mass is 10.1. The van der Waals surface area contributed by atoms with Gasteiger partial charge in [-0.25, -0.2) is 8.42 Å². The number of nitrogens with zero attached hydrogens (tertiary/aromatic N) is 1. The highest BCUT2D eigenvalue weighted by Crippen LogP contribution is 2.36. The smallest absolute Gasteiger partial charge is 0.244 e. The monoisotopic (exact) mass is 530 g/mol. The molecule has 0 unspecified atom stereocenters. The fraction of sp³-hybridized carbons (Fsp3) is 0.296. The molecule has 3 rings (SSSR count). The standard InChI is InChI=1S/C27H31ClN2O5S/c1-18-13-19(2)27(20(3)14-18)36(32,33)30(12-11-21-9-7-6-8-10-21)17-26(31)29-23-16-24(34-4)22(28)15-25(23)35-5/h6-10,13-16H,11-12,17H2,1-5H3,(H,29,31). The van der Waals surface area contributed by atoms with Crippen molar-refractivity contribution < 1.29 is 22.7 Å². The Morgan fingerprint density at radius 3 is 2.14 bits per heavy atom. The van der Waals surface area contributed by atoms with Crippen molar-refractivity contribution in [3.63, 3.8) is 0 Å². The van der Waals surface area contributed by atoms with Crippen molar-refractivity contribution in [1.29, 1.82) is 0 Å². The number of aryl methyl sites for hydroxylation is 3. The van der Waals surface area contributed by atoms with E-state index in [1.54, 1.807) is 13.8 Å². The summed E-state index contributed by atoms with van der Waals surface area (Å²) in [4.78, 5) is 13.4. The molecule has 0 aliphatic heterocycles. The van der Waals surface area contributed by atoms with Crippen LogP contribution in [0.1, 0.15) is 22.3 Å². The predicted molar refractivity (Wildman–Crippen MR) is 143 cm³/mol. The molecule has 36 heavy (non-hydrogen) atoms. The van der Waals surface area contributed by atoms with Crippen LogP contribution in [0.3, 0.4) is 0 Å². The van der Waals surface area contributed by atoms with Gasteiger partial charge in [-0.2, -0.15) is 4.31 Å². The van der Waals surface area contributed by atoms with Crippen molar-refractivity contribution in [2.45, 2.75) is 32.1 Å². The molecule has 9 heteroatoms. The maximum absolute atomic E-state index is 13.8. The average molecular weight is 531 g/mol. The van der Waals surface area contributed by atoms with Gasteiger partial charge in [0.05, 0.1) is 36.4 Å². The van der Waals surface area contributed by atoms with E-state index in [4.69, 9.17) is 21.1 Å². The van der Waals surface area contributed by atoms with E-state index in [9.17, 15) is 13.2 Å². The van der Waals surface area contributed by atoms with Gasteiger partial charge in [-0.05, 0) is 43.9 Å². The van der Waals surface area contributed by atoms with Crippen LogP contribution < -0.4 is 14.8 Å². The SMILES string of the molecule is COc1cc(NC(=O)CN(CCc2ccccc2)S(=O)(=O)c2c(C)cc(C)cc2C)c(OC)cc1Cl. The molecule has 1 amide bonds. The fourth-order valence-electron chi connectivity index (χ4n) is 4.19. The topological polar surface area (TPSA) is 84.9 Å². The Bertz CT molecular complexity index is 1320. The first-order valence-corrected chi connectivity index (χ1v) is 13.2. The summed E-state index contributed by atoms with van der Waals surface area (Å²) in [5.74, 6) is 0.169. The highest BCUT2D eigenvalue weighted by Gasteiger charge is 2.30. The maximum atomic E-state index is 13.8. The Morgan fingerprint density at radius 2 is 1.56 bits per heavy atom. The molecule has 192 valence electrons. The van der Waals surface area contributed by atoms with E-state index < -0.39 is 15.9 Å². The first-order valence-electron chi connectivity index (χ1n) is 11.4.